The molecule has 0 saturated heterocycles. The van der Waals surface area contributed by atoms with Crippen LogP contribution in [-0.4, -0.2) is 0 Å². The molecular weight excluding hydrogens is 343 g/mol. The van der Waals surface area contributed by atoms with Crippen LogP contribution in [0.15, 0.2) is 24.3 Å². The van der Waals surface area contributed by atoms with Gasteiger partial charge in [-0.2, -0.15) is 0 Å². The summed E-state index contributed by atoms with van der Waals surface area (Å²) >= 11 is -1.07. The number of nitriles is 1. The van der Waals surface area contributed by atoms with Crippen LogP contribution in [0.2, 0.25) is 0 Å². The molecule has 0 amide bonds. The number of aryl methyl sites for hydroxylation is 1. The summed E-state index contributed by atoms with van der Waals surface area (Å²) in [5.41, 5.74) is 1.30. The molecule has 0 heterocycles. The second-order valence-electron chi connectivity index (χ2n) is 2.37. The van der Waals surface area contributed by atoms with Gasteiger partial charge < -0.3 is 0 Å². The van der Waals surface area contributed by atoms with Crippen molar-refractivity contribution in [1.29, 1.82) is 5.26 Å². The quantitative estimate of drug-likeness (QED) is 0.601. The maximum absolute atomic E-state index is 8.35. The van der Waals surface area contributed by atoms with Crippen molar-refractivity contribution in [3.8, 4) is 5.40 Å². The minimum absolute atomic E-state index is 1.07. The van der Waals surface area contributed by atoms with E-state index in [2.05, 4.69) is 36.6 Å². The zero-order valence-electron chi connectivity index (χ0n) is 6.37. The molecule has 1 aromatic carbocycles. The van der Waals surface area contributed by atoms with Gasteiger partial charge in [0.2, 0.25) is 0 Å². The molecule has 0 aliphatic rings. The van der Waals surface area contributed by atoms with E-state index in [9.17, 15) is 0 Å². The van der Waals surface area contributed by atoms with Gasteiger partial charge in [-0.25, -0.2) is 0 Å². The summed E-state index contributed by atoms with van der Waals surface area (Å²) in [5, 5.41) is 10.5. The molecule has 0 bridgehead atoms. The van der Waals surface area contributed by atoms with E-state index in [1.54, 1.807) is 0 Å². The van der Waals surface area contributed by atoms with Crippen LogP contribution in [0.25, 0.3) is 0 Å². The zero-order chi connectivity index (χ0) is 8.10. The van der Waals surface area contributed by atoms with Gasteiger partial charge in [0.25, 0.3) is 0 Å². The molecule has 0 fully saturated rings. The van der Waals surface area contributed by atoms with E-state index in [0.29, 0.717) is 0 Å². The van der Waals surface area contributed by atoms with Crippen LogP contribution in [0.4, 0.5) is 0 Å². The van der Waals surface area contributed by atoms with Crippen molar-refractivity contribution >= 4 is 11.3 Å². The summed E-state index contributed by atoms with van der Waals surface area (Å²) in [6, 6.07) is 8.54. The van der Waals surface area contributed by atoms with Crippen molar-refractivity contribution in [2.45, 2.75) is 6.92 Å². The number of thiocyanates is 1. The SMILES string of the molecule is Cc1cc[c]([Hg][S]C#N)cc1. The maximum atomic E-state index is 8.35. The van der Waals surface area contributed by atoms with E-state index >= 15 is 0 Å². The van der Waals surface area contributed by atoms with Gasteiger partial charge in [0.05, 0.1) is 0 Å². The van der Waals surface area contributed by atoms with E-state index in [-0.39, 0.29) is 0 Å². The first-order chi connectivity index (χ1) is 5.33. The number of nitrogens with zero attached hydrogens (tertiary/aromatic N) is 1. The molecule has 0 N–H and O–H groups in total. The van der Waals surface area contributed by atoms with Gasteiger partial charge in [-0.3, -0.25) is 0 Å². The molecule has 1 aromatic rings. The standard InChI is InChI=1S/C7H7.CHNS.Hg/c1-7-5-3-2-4-6-7;2-1-3;/h3-6H,1H3;3H;/q;;+1/p-1. The molecule has 3 heteroatoms. The normalized spacial score (nSPS) is 8.36. The Morgan fingerprint density at radius 3 is 2.55 bits per heavy atom. The molecule has 0 aliphatic heterocycles. The van der Waals surface area contributed by atoms with Crippen molar-refractivity contribution in [2.24, 2.45) is 0 Å². The van der Waals surface area contributed by atoms with Crippen LogP contribution in [-0.2, 0) is 23.1 Å². The Hall–Kier alpha value is -0.00494. The summed E-state index contributed by atoms with van der Waals surface area (Å²) in [4.78, 5) is 0. The molecular formula is C8H7HgNS. The van der Waals surface area contributed by atoms with Gasteiger partial charge in [-0.1, -0.05) is 0 Å². The Labute approximate surface area is 81.4 Å². The summed E-state index contributed by atoms with van der Waals surface area (Å²) in [6.45, 7) is 2.08. The molecule has 0 aliphatic carbocycles. The number of benzene rings is 1. The molecule has 0 atom stereocenters. The molecule has 52 valence electrons. The minimum atomic E-state index is -1.07. The van der Waals surface area contributed by atoms with Gasteiger partial charge in [0.15, 0.2) is 0 Å². The number of hydrogen-bond donors (Lipinski definition) is 0. The van der Waals surface area contributed by atoms with Crippen LogP contribution >= 0.6 is 8.24 Å². The summed E-state index contributed by atoms with van der Waals surface area (Å²) in [5.74, 6) is 0. The van der Waals surface area contributed by atoms with Crippen molar-refractivity contribution in [3.63, 3.8) is 0 Å². The van der Waals surface area contributed by atoms with Crippen LogP contribution in [0, 0.1) is 17.6 Å². The Kier molecular flexibility index (Phi) is 3.96. The van der Waals surface area contributed by atoms with Gasteiger partial charge in [-0.05, 0) is 0 Å². The second kappa shape index (κ2) is 4.79. The Morgan fingerprint density at radius 2 is 2.00 bits per heavy atom. The average molecular weight is 350 g/mol. The Balaban J connectivity index is 2.60. The average Bonchev–Trinajstić information content (AvgIpc) is 2.04. The summed E-state index contributed by atoms with van der Waals surface area (Å²) < 4.78 is 1.43. The van der Waals surface area contributed by atoms with Gasteiger partial charge in [-0.15, -0.1) is 0 Å². The molecule has 11 heavy (non-hydrogen) atoms. The predicted molar refractivity (Wildman–Crippen MR) is 44.0 cm³/mol. The number of hydrogen-bond acceptors (Lipinski definition) is 2. The molecule has 0 unspecified atom stereocenters. The zero-order valence-corrected chi connectivity index (χ0v) is 12.7. The molecule has 0 spiro atoms. The van der Waals surface area contributed by atoms with Crippen molar-refractivity contribution < 1.29 is 23.1 Å². The van der Waals surface area contributed by atoms with Crippen LogP contribution < -0.4 is 3.07 Å². The first-order valence-electron chi connectivity index (χ1n) is 3.39. The van der Waals surface area contributed by atoms with E-state index in [1.165, 1.54) is 16.9 Å². The molecule has 1 rings (SSSR count). The van der Waals surface area contributed by atoms with Gasteiger partial charge in [0, 0.05) is 0 Å². The van der Waals surface area contributed by atoms with Crippen LogP contribution in [0.3, 0.4) is 0 Å². The summed E-state index contributed by atoms with van der Waals surface area (Å²) in [6.07, 6.45) is 0. The first-order valence-corrected chi connectivity index (χ1v) is 13.9. The Bertz CT molecular complexity index is 262. The number of rotatable bonds is 2. The fraction of sp³-hybridized carbons (Fsp3) is 0.125. The van der Waals surface area contributed by atoms with E-state index in [1.807, 2.05) is 0 Å². The van der Waals surface area contributed by atoms with Crippen LogP contribution in [0.5, 0.6) is 0 Å². The first kappa shape index (κ1) is 9.09. The van der Waals surface area contributed by atoms with Gasteiger partial charge in [0.1, 0.15) is 0 Å². The third-order valence-electron chi connectivity index (χ3n) is 1.42. The fourth-order valence-corrected chi connectivity index (χ4v) is 7.08. The predicted octanol–water partition coefficient (Wildman–Crippen LogP) is 1.83. The fourth-order valence-electron chi connectivity index (χ4n) is 0.800. The van der Waals surface area contributed by atoms with Crippen molar-refractivity contribution in [3.05, 3.63) is 29.8 Å². The molecule has 0 radical (unpaired) electrons. The van der Waals surface area contributed by atoms with Crippen molar-refractivity contribution in [1.82, 2.24) is 0 Å². The molecule has 0 saturated carbocycles. The molecule has 1 nitrogen and oxygen atoms in total. The van der Waals surface area contributed by atoms with E-state index in [0.717, 1.165) is 0 Å². The Morgan fingerprint density at radius 1 is 1.36 bits per heavy atom. The van der Waals surface area contributed by atoms with E-state index in [4.69, 9.17) is 5.26 Å². The third-order valence-corrected chi connectivity index (χ3v) is 10.9. The molecule has 0 aromatic heterocycles. The second-order valence-corrected chi connectivity index (χ2v) is 13.0. The van der Waals surface area contributed by atoms with Crippen LogP contribution in [0.1, 0.15) is 5.56 Å². The van der Waals surface area contributed by atoms with E-state index < -0.39 is 23.1 Å². The summed E-state index contributed by atoms with van der Waals surface area (Å²) in [7, 11) is 1.49. The van der Waals surface area contributed by atoms with Gasteiger partial charge >= 0.3 is 81.8 Å². The monoisotopic (exact) mass is 351 g/mol. The van der Waals surface area contributed by atoms with Crippen molar-refractivity contribution in [2.75, 3.05) is 0 Å². The topological polar surface area (TPSA) is 23.8 Å². The third kappa shape index (κ3) is 3.26.